The molecule has 1 aromatic carbocycles. The first-order chi connectivity index (χ1) is 10.0. The number of ether oxygens (including phenoxy) is 1. The van der Waals surface area contributed by atoms with Crippen molar-refractivity contribution in [2.75, 3.05) is 26.0 Å². The molecule has 2 unspecified atom stereocenters. The summed E-state index contributed by atoms with van der Waals surface area (Å²) in [7, 11) is 0. The van der Waals surface area contributed by atoms with Crippen molar-refractivity contribution < 1.29 is 19.4 Å². The van der Waals surface area contributed by atoms with Crippen LogP contribution in [0.25, 0.3) is 0 Å². The van der Waals surface area contributed by atoms with E-state index < -0.39 is 17.3 Å². The van der Waals surface area contributed by atoms with Crippen LogP contribution in [0.15, 0.2) is 24.3 Å². The molecule has 1 N–H and O–H groups in total. The molecular weight excluding hydrogens is 314 g/mol. The average molecular weight is 330 g/mol. The zero-order valence-electron chi connectivity index (χ0n) is 11.5. The topological polar surface area (TPSA) is 66.8 Å². The highest BCUT2D eigenvalue weighted by Crippen LogP contribution is 2.31. The number of rotatable bonds is 4. The monoisotopic (exact) mass is 329 g/mol. The summed E-state index contributed by atoms with van der Waals surface area (Å²) >= 11 is 7.33. The number of amides is 1. The molecule has 5 nitrogen and oxygen atoms in total. The van der Waals surface area contributed by atoms with Crippen molar-refractivity contribution in [1.82, 2.24) is 4.90 Å². The molecule has 0 bridgehead atoms. The molecule has 1 heterocycles. The molecule has 2 rings (SSSR count). The average Bonchev–Trinajstić information content (AvgIpc) is 2.48. The van der Waals surface area contributed by atoms with Gasteiger partial charge in [0.15, 0.2) is 6.04 Å². The van der Waals surface area contributed by atoms with Gasteiger partial charge in [-0.1, -0.05) is 23.7 Å². The second-order valence-electron chi connectivity index (χ2n) is 4.63. The number of hydrogen-bond donors (Lipinski definition) is 1. The number of aliphatic carboxylic acids is 1. The van der Waals surface area contributed by atoms with E-state index in [-0.39, 0.29) is 19.1 Å². The van der Waals surface area contributed by atoms with E-state index in [2.05, 4.69) is 0 Å². The van der Waals surface area contributed by atoms with Gasteiger partial charge in [-0.3, -0.25) is 4.79 Å². The predicted octanol–water partition coefficient (Wildman–Crippen LogP) is 2.06. The second-order valence-corrected chi connectivity index (χ2v) is 6.01. The highest BCUT2D eigenvalue weighted by atomic mass is 35.5. The molecule has 1 aliphatic heterocycles. The van der Waals surface area contributed by atoms with Gasteiger partial charge in [-0.25, -0.2) is 4.79 Å². The zero-order chi connectivity index (χ0) is 15.4. The number of carbonyl (C=O) groups is 2. The van der Waals surface area contributed by atoms with Crippen LogP contribution in [0.2, 0.25) is 5.02 Å². The molecule has 1 aromatic rings. The molecule has 0 spiro atoms. The molecule has 1 aliphatic rings. The highest BCUT2D eigenvalue weighted by Gasteiger charge is 2.36. The van der Waals surface area contributed by atoms with Gasteiger partial charge in [0.25, 0.3) is 0 Å². The van der Waals surface area contributed by atoms with E-state index in [0.29, 0.717) is 11.6 Å². The molecule has 0 radical (unpaired) electrons. The van der Waals surface area contributed by atoms with Crippen LogP contribution in [-0.4, -0.2) is 53.9 Å². The van der Waals surface area contributed by atoms with E-state index in [1.54, 1.807) is 18.2 Å². The van der Waals surface area contributed by atoms with Crippen molar-refractivity contribution in [3.05, 3.63) is 34.9 Å². The fourth-order valence-corrected chi connectivity index (χ4v) is 3.23. The predicted molar refractivity (Wildman–Crippen MR) is 81.7 cm³/mol. The summed E-state index contributed by atoms with van der Waals surface area (Å²) in [6.45, 7) is 0.664. The summed E-state index contributed by atoms with van der Waals surface area (Å²) in [5.41, 5.74) is 0.774. The third kappa shape index (κ3) is 3.70. The lowest BCUT2D eigenvalue weighted by Crippen LogP contribution is -2.53. The Bertz CT molecular complexity index is 539. The van der Waals surface area contributed by atoms with Gasteiger partial charge >= 0.3 is 5.97 Å². The van der Waals surface area contributed by atoms with E-state index in [9.17, 15) is 14.7 Å². The minimum absolute atomic E-state index is 0.0255. The standard InChI is InChI=1S/C14H16ClNO4S/c1-21-12(9-3-2-4-10(15)7-9)13(17)16-5-6-20-8-11(16)14(18)19/h2-4,7,11-12H,5-6,8H2,1H3,(H,18,19). The Morgan fingerprint density at radius 1 is 1.52 bits per heavy atom. The summed E-state index contributed by atoms with van der Waals surface area (Å²) in [6.07, 6.45) is 1.82. The van der Waals surface area contributed by atoms with Crippen molar-refractivity contribution in [2.24, 2.45) is 0 Å². The summed E-state index contributed by atoms with van der Waals surface area (Å²) in [5.74, 6) is -1.27. The summed E-state index contributed by atoms with van der Waals surface area (Å²) in [5, 5.41) is 9.31. The zero-order valence-corrected chi connectivity index (χ0v) is 13.1. The lowest BCUT2D eigenvalue weighted by Gasteiger charge is -2.35. The molecule has 1 amide bonds. The summed E-state index contributed by atoms with van der Waals surface area (Å²) < 4.78 is 5.16. The van der Waals surface area contributed by atoms with Crippen LogP contribution in [0.5, 0.6) is 0 Å². The molecule has 0 saturated carbocycles. The van der Waals surface area contributed by atoms with Crippen LogP contribution < -0.4 is 0 Å². The van der Waals surface area contributed by atoms with E-state index in [1.807, 2.05) is 12.3 Å². The quantitative estimate of drug-likeness (QED) is 0.915. The number of thioether (sulfide) groups is 1. The Morgan fingerprint density at radius 2 is 2.29 bits per heavy atom. The molecule has 114 valence electrons. The molecule has 1 saturated heterocycles. The Balaban J connectivity index is 2.24. The van der Waals surface area contributed by atoms with Gasteiger partial charge in [0.2, 0.25) is 5.91 Å². The number of carboxylic acids is 1. The number of nitrogens with zero attached hydrogens (tertiary/aromatic N) is 1. The Kier molecular flexibility index (Phi) is 5.50. The first kappa shape index (κ1) is 16.1. The Hall–Kier alpha value is -1.24. The maximum Gasteiger partial charge on any atom is 0.328 e. The van der Waals surface area contributed by atoms with E-state index in [1.165, 1.54) is 16.7 Å². The van der Waals surface area contributed by atoms with Crippen LogP contribution >= 0.6 is 23.4 Å². The van der Waals surface area contributed by atoms with Gasteiger partial charge in [0.1, 0.15) is 5.25 Å². The third-order valence-corrected chi connectivity index (χ3v) is 4.49. The van der Waals surface area contributed by atoms with Crippen LogP contribution in [0.1, 0.15) is 10.8 Å². The smallest absolute Gasteiger partial charge is 0.328 e. The van der Waals surface area contributed by atoms with Crippen molar-refractivity contribution in [1.29, 1.82) is 0 Å². The molecule has 1 fully saturated rings. The summed E-state index contributed by atoms with van der Waals surface area (Å²) in [6, 6.07) is 6.14. The van der Waals surface area contributed by atoms with E-state index in [4.69, 9.17) is 16.3 Å². The maximum absolute atomic E-state index is 12.7. The largest absolute Gasteiger partial charge is 0.480 e. The number of carboxylic acid groups (broad SMARTS) is 1. The third-order valence-electron chi connectivity index (χ3n) is 3.31. The van der Waals surface area contributed by atoms with Gasteiger partial charge in [-0.05, 0) is 24.0 Å². The SMILES string of the molecule is CSC(C(=O)N1CCOCC1C(=O)O)c1cccc(Cl)c1. The lowest BCUT2D eigenvalue weighted by molar-refractivity contribution is -0.158. The fourth-order valence-electron chi connectivity index (χ4n) is 2.27. The number of morpholine rings is 1. The van der Waals surface area contributed by atoms with Crippen molar-refractivity contribution in [3.8, 4) is 0 Å². The van der Waals surface area contributed by atoms with E-state index in [0.717, 1.165) is 5.56 Å². The molecule has 21 heavy (non-hydrogen) atoms. The van der Waals surface area contributed by atoms with Gasteiger partial charge in [0.05, 0.1) is 13.2 Å². The minimum Gasteiger partial charge on any atom is -0.480 e. The number of hydrogen-bond acceptors (Lipinski definition) is 4. The summed E-state index contributed by atoms with van der Waals surface area (Å²) in [4.78, 5) is 25.4. The van der Waals surface area contributed by atoms with Crippen LogP contribution in [0.3, 0.4) is 0 Å². The minimum atomic E-state index is -1.05. The van der Waals surface area contributed by atoms with Crippen molar-refractivity contribution >= 4 is 35.2 Å². The van der Waals surface area contributed by atoms with Crippen LogP contribution in [0, 0.1) is 0 Å². The Labute approximate surface area is 132 Å². The normalized spacial score (nSPS) is 20.1. The maximum atomic E-state index is 12.7. The number of halogens is 1. The van der Waals surface area contributed by atoms with Crippen LogP contribution in [0.4, 0.5) is 0 Å². The molecule has 0 aliphatic carbocycles. The van der Waals surface area contributed by atoms with Gasteiger partial charge in [-0.15, -0.1) is 11.8 Å². The van der Waals surface area contributed by atoms with Crippen molar-refractivity contribution in [2.45, 2.75) is 11.3 Å². The van der Waals surface area contributed by atoms with Crippen molar-refractivity contribution in [3.63, 3.8) is 0 Å². The van der Waals surface area contributed by atoms with Gasteiger partial charge in [-0.2, -0.15) is 0 Å². The first-order valence-electron chi connectivity index (χ1n) is 6.44. The fraction of sp³-hybridized carbons (Fsp3) is 0.429. The first-order valence-corrected chi connectivity index (χ1v) is 8.10. The van der Waals surface area contributed by atoms with E-state index >= 15 is 0 Å². The molecule has 2 atom stereocenters. The number of carbonyl (C=O) groups excluding carboxylic acids is 1. The molecule has 7 heteroatoms. The molecule has 0 aromatic heterocycles. The molecular formula is C14H16ClNO4S. The van der Waals surface area contributed by atoms with Gasteiger partial charge < -0.3 is 14.7 Å². The number of benzene rings is 1. The van der Waals surface area contributed by atoms with Crippen LogP contribution in [-0.2, 0) is 14.3 Å². The highest BCUT2D eigenvalue weighted by molar-refractivity contribution is 7.99. The van der Waals surface area contributed by atoms with Gasteiger partial charge in [0, 0.05) is 11.6 Å². The lowest BCUT2D eigenvalue weighted by atomic mass is 10.1. The second kappa shape index (κ2) is 7.15. The Morgan fingerprint density at radius 3 is 2.90 bits per heavy atom.